The van der Waals surface area contributed by atoms with Crippen molar-refractivity contribution in [1.82, 2.24) is 10.2 Å². The Morgan fingerprint density at radius 2 is 1.77 bits per heavy atom. The summed E-state index contributed by atoms with van der Waals surface area (Å²) in [4.78, 5) is 14.2. The molecule has 2 aromatic carbocycles. The first-order valence-corrected chi connectivity index (χ1v) is 8.56. The Bertz CT molecular complexity index is 674. The predicted octanol–water partition coefficient (Wildman–Crippen LogP) is 2.73. The standard InChI is InChI=1S/C20H27N3O3/c1-23(2)14-16(19(24)15-7-5-4-6-8-15)13-21-20(25)22-17-9-11-18(26-3)12-10-17/h4-12,16,19,24H,13-14H2,1-3H3,(H2,21,22,25). The molecule has 6 nitrogen and oxygen atoms in total. The van der Waals surface area contributed by atoms with E-state index >= 15 is 0 Å². The van der Waals surface area contributed by atoms with Crippen molar-refractivity contribution >= 4 is 11.7 Å². The molecule has 0 aliphatic rings. The van der Waals surface area contributed by atoms with E-state index in [0.29, 0.717) is 18.8 Å². The lowest BCUT2D eigenvalue weighted by Gasteiger charge is -2.26. The van der Waals surface area contributed by atoms with Gasteiger partial charge in [-0.2, -0.15) is 0 Å². The van der Waals surface area contributed by atoms with Crippen LogP contribution in [0.4, 0.5) is 10.5 Å². The molecule has 2 rings (SSSR count). The van der Waals surface area contributed by atoms with Crippen LogP contribution in [0.5, 0.6) is 5.75 Å². The van der Waals surface area contributed by atoms with E-state index in [1.54, 1.807) is 31.4 Å². The molecule has 0 spiro atoms. The molecule has 0 bridgehead atoms. The molecular formula is C20H27N3O3. The van der Waals surface area contributed by atoms with Gasteiger partial charge >= 0.3 is 6.03 Å². The first-order chi connectivity index (χ1) is 12.5. The van der Waals surface area contributed by atoms with Gasteiger partial charge in [-0.25, -0.2) is 4.79 Å². The normalized spacial score (nSPS) is 13.1. The van der Waals surface area contributed by atoms with Crippen molar-refractivity contribution in [2.75, 3.05) is 39.6 Å². The molecule has 0 heterocycles. The number of nitrogens with one attached hydrogen (secondary N) is 2. The number of amides is 2. The highest BCUT2D eigenvalue weighted by atomic mass is 16.5. The zero-order valence-electron chi connectivity index (χ0n) is 15.5. The summed E-state index contributed by atoms with van der Waals surface area (Å²) in [5.41, 5.74) is 1.52. The highest BCUT2D eigenvalue weighted by Gasteiger charge is 2.22. The smallest absolute Gasteiger partial charge is 0.319 e. The van der Waals surface area contributed by atoms with E-state index in [1.165, 1.54) is 0 Å². The minimum atomic E-state index is -0.653. The van der Waals surface area contributed by atoms with Crippen molar-refractivity contribution in [3.8, 4) is 5.75 Å². The molecule has 0 fully saturated rings. The van der Waals surface area contributed by atoms with Crippen molar-refractivity contribution in [2.45, 2.75) is 6.10 Å². The number of hydrogen-bond acceptors (Lipinski definition) is 4. The van der Waals surface area contributed by atoms with Gasteiger partial charge in [-0.1, -0.05) is 30.3 Å². The van der Waals surface area contributed by atoms with Crippen LogP contribution in [-0.4, -0.2) is 50.3 Å². The fourth-order valence-corrected chi connectivity index (χ4v) is 2.74. The van der Waals surface area contributed by atoms with Crippen LogP contribution >= 0.6 is 0 Å². The molecule has 2 unspecified atom stereocenters. The van der Waals surface area contributed by atoms with E-state index in [9.17, 15) is 9.90 Å². The fraction of sp³-hybridized carbons (Fsp3) is 0.350. The predicted molar refractivity (Wildman–Crippen MR) is 103 cm³/mol. The Hall–Kier alpha value is -2.57. The number of nitrogens with zero attached hydrogens (tertiary/aromatic N) is 1. The summed E-state index contributed by atoms with van der Waals surface area (Å²) >= 11 is 0. The van der Waals surface area contributed by atoms with Crippen LogP contribution in [0.15, 0.2) is 54.6 Å². The zero-order chi connectivity index (χ0) is 18.9. The van der Waals surface area contributed by atoms with Crippen molar-refractivity contribution in [3.63, 3.8) is 0 Å². The highest BCUT2D eigenvalue weighted by Crippen LogP contribution is 2.22. The molecule has 0 saturated heterocycles. The third-order valence-corrected chi connectivity index (χ3v) is 4.06. The monoisotopic (exact) mass is 357 g/mol. The van der Waals surface area contributed by atoms with Gasteiger partial charge in [0.05, 0.1) is 13.2 Å². The Kier molecular flexibility index (Phi) is 7.44. The Morgan fingerprint density at radius 1 is 1.12 bits per heavy atom. The number of aliphatic hydroxyl groups excluding tert-OH is 1. The lowest BCUT2D eigenvalue weighted by atomic mass is 9.95. The molecular weight excluding hydrogens is 330 g/mol. The molecule has 0 aliphatic carbocycles. The van der Waals surface area contributed by atoms with Gasteiger partial charge in [0.25, 0.3) is 0 Å². The maximum atomic E-state index is 12.2. The Labute approximate surface area is 154 Å². The van der Waals surface area contributed by atoms with E-state index in [4.69, 9.17) is 4.74 Å². The second-order valence-corrected chi connectivity index (χ2v) is 6.44. The number of urea groups is 1. The largest absolute Gasteiger partial charge is 0.497 e. The first kappa shape index (κ1) is 19.8. The number of carbonyl (C=O) groups is 1. The van der Waals surface area contributed by atoms with Gasteiger partial charge in [-0.3, -0.25) is 0 Å². The SMILES string of the molecule is COc1ccc(NC(=O)NCC(CN(C)C)C(O)c2ccccc2)cc1. The second kappa shape index (κ2) is 9.79. The van der Waals surface area contributed by atoms with Crippen LogP contribution in [0.25, 0.3) is 0 Å². The molecule has 0 aliphatic heterocycles. The van der Waals surface area contributed by atoms with E-state index in [-0.39, 0.29) is 11.9 Å². The number of carbonyl (C=O) groups excluding carboxylic acids is 1. The third kappa shape index (κ3) is 6.06. The first-order valence-electron chi connectivity index (χ1n) is 8.56. The van der Waals surface area contributed by atoms with Crippen molar-refractivity contribution < 1.29 is 14.6 Å². The molecule has 6 heteroatoms. The van der Waals surface area contributed by atoms with Crippen LogP contribution in [0.3, 0.4) is 0 Å². The van der Waals surface area contributed by atoms with Gasteiger partial charge in [-0.05, 0) is 43.9 Å². The minimum absolute atomic E-state index is 0.131. The summed E-state index contributed by atoms with van der Waals surface area (Å²) in [5, 5.41) is 16.3. The number of anilines is 1. The number of methoxy groups -OCH3 is 1. The fourth-order valence-electron chi connectivity index (χ4n) is 2.74. The number of ether oxygens (including phenoxy) is 1. The lowest BCUT2D eigenvalue weighted by Crippen LogP contribution is -2.39. The summed E-state index contributed by atoms with van der Waals surface area (Å²) < 4.78 is 5.10. The maximum Gasteiger partial charge on any atom is 0.319 e. The quantitative estimate of drug-likeness (QED) is 0.679. The summed E-state index contributed by atoms with van der Waals surface area (Å²) in [6.45, 7) is 1.01. The van der Waals surface area contributed by atoms with E-state index in [0.717, 1.165) is 11.3 Å². The van der Waals surface area contributed by atoms with Crippen LogP contribution in [0.1, 0.15) is 11.7 Å². The summed E-state index contributed by atoms with van der Waals surface area (Å²) in [6.07, 6.45) is -0.653. The summed E-state index contributed by atoms with van der Waals surface area (Å²) in [6, 6.07) is 16.3. The molecule has 140 valence electrons. The van der Waals surface area contributed by atoms with Gasteiger partial charge in [0.1, 0.15) is 5.75 Å². The summed E-state index contributed by atoms with van der Waals surface area (Å²) in [7, 11) is 5.49. The number of hydrogen-bond donors (Lipinski definition) is 3. The topological polar surface area (TPSA) is 73.8 Å². The average Bonchev–Trinajstić information content (AvgIpc) is 2.65. The van der Waals surface area contributed by atoms with E-state index < -0.39 is 6.10 Å². The van der Waals surface area contributed by atoms with Gasteiger partial charge in [0.2, 0.25) is 0 Å². The van der Waals surface area contributed by atoms with Gasteiger partial charge < -0.3 is 25.4 Å². The van der Waals surface area contributed by atoms with Gasteiger partial charge in [-0.15, -0.1) is 0 Å². The van der Waals surface area contributed by atoms with Crippen molar-refractivity contribution in [1.29, 1.82) is 0 Å². The zero-order valence-corrected chi connectivity index (χ0v) is 15.5. The molecule has 0 aromatic heterocycles. The number of aliphatic hydroxyl groups is 1. The molecule has 3 N–H and O–H groups in total. The van der Waals surface area contributed by atoms with Gasteiger partial charge in [0, 0.05) is 24.7 Å². The molecule has 0 radical (unpaired) electrons. The average molecular weight is 357 g/mol. The maximum absolute atomic E-state index is 12.2. The van der Waals surface area contributed by atoms with Gasteiger partial charge in [0.15, 0.2) is 0 Å². The Morgan fingerprint density at radius 3 is 2.35 bits per heavy atom. The Balaban J connectivity index is 1.93. The van der Waals surface area contributed by atoms with E-state index in [2.05, 4.69) is 10.6 Å². The highest BCUT2D eigenvalue weighted by molar-refractivity contribution is 5.89. The van der Waals surface area contributed by atoms with E-state index in [1.807, 2.05) is 49.3 Å². The third-order valence-electron chi connectivity index (χ3n) is 4.06. The number of rotatable bonds is 8. The van der Waals surface area contributed by atoms with Crippen LogP contribution in [0, 0.1) is 5.92 Å². The minimum Gasteiger partial charge on any atom is -0.497 e. The molecule has 2 aromatic rings. The molecule has 2 atom stereocenters. The van der Waals surface area contributed by atoms with Crippen LogP contribution in [0.2, 0.25) is 0 Å². The molecule has 26 heavy (non-hydrogen) atoms. The van der Waals surface area contributed by atoms with Crippen LogP contribution < -0.4 is 15.4 Å². The molecule has 2 amide bonds. The molecule has 0 saturated carbocycles. The second-order valence-electron chi connectivity index (χ2n) is 6.44. The van der Waals surface area contributed by atoms with Crippen molar-refractivity contribution in [2.24, 2.45) is 5.92 Å². The van der Waals surface area contributed by atoms with Crippen LogP contribution in [-0.2, 0) is 0 Å². The van der Waals surface area contributed by atoms with Crippen molar-refractivity contribution in [3.05, 3.63) is 60.2 Å². The summed E-state index contributed by atoms with van der Waals surface area (Å²) in [5.74, 6) is 0.599. The number of benzene rings is 2. The lowest BCUT2D eigenvalue weighted by molar-refractivity contribution is 0.0911.